The molecule has 30 heavy (non-hydrogen) atoms. The van der Waals surface area contributed by atoms with Crippen LogP contribution in [0.15, 0.2) is 36.7 Å². The Morgan fingerprint density at radius 3 is 2.27 bits per heavy atom. The van der Waals surface area contributed by atoms with Crippen LogP contribution in [0, 0.1) is 0 Å². The topological polar surface area (TPSA) is 71.0 Å². The highest BCUT2D eigenvalue weighted by atomic mass is 16.5. The summed E-state index contributed by atoms with van der Waals surface area (Å²) < 4.78 is 11.0. The Morgan fingerprint density at radius 2 is 1.73 bits per heavy atom. The quantitative estimate of drug-likeness (QED) is 0.657. The normalized spacial score (nSPS) is 15.9. The van der Waals surface area contributed by atoms with Crippen molar-refractivity contribution in [1.82, 2.24) is 14.9 Å². The van der Waals surface area contributed by atoms with Gasteiger partial charge in [0, 0.05) is 51.2 Å². The first-order chi connectivity index (χ1) is 14.2. The van der Waals surface area contributed by atoms with E-state index in [4.69, 9.17) is 9.39 Å². The molecule has 1 saturated heterocycles. The van der Waals surface area contributed by atoms with E-state index < -0.39 is 11.2 Å². The lowest BCUT2D eigenvalue weighted by Gasteiger charge is -2.37. The van der Waals surface area contributed by atoms with Gasteiger partial charge in [0.15, 0.2) is 0 Å². The highest BCUT2D eigenvalue weighted by molar-refractivity contribution is 6.46. The van der Waals surface area contributed by atoms with Crippen LogP contribution in [-0.4, -0.2) is 71.9 Å². The number of piperazine rings is 1. The van der Waals surface area contributed by atoms with Crippen molar-refractivity contribution in [3.8, 4) is 5.88 Å². The maximum atomic E-state index is 10.2. The van der Waals surface area contributed by atoms with Gasteiger partial charge in [0.1, 0.15) is 5.82 Å². The first kappa shape index (κ1) is 22.5. The average molecular weight is 412 g/mol. The van der Waals surface area contributed by atoms with Crippen molar-refractivity contribution < 1.29 is 14.5 Å². The van der Waals surface area contributed by atoms with Crippen LogP contribution in [-0.2, 0) is 11.2 Å². The van der Waals surface area contributed by atoms with Crippen molar-refractivity contribution in [2.75, 3.05) is 38.2 Å². The second kappa shape index (κ2) is 9.33. The van der Waals surface area contributed by atoms with Crippen LogP contribution in [0.5, 0.6) is 5.88 Å². The van der Waals surface area contributed by atoms with Crippen molar-refractivity contribution in [1.29, 1.82) is 0 Å². The van der Waals surface area contributed by atoms with E-state index in [1.54, 1.807) is 21.0 Å². The van der Waals surface area contributed by atoms with Crippen LogP contribution in [0.1, 0.15) is 33.3 Å². The molecule has 1 N–H and O–H groups in total. The molecule has 2 aromatic rings. The SMILES string of the molecule is COc1ccc(CN2CCN(c3ccc(BOC(C)(C)C(C)(C)O)cn3)CC2)cn1. The number of hydrogen-bond acceptors (Lipinski definition) is 7. The number of aliphatic hydroxyl groups is 1. The van der Waals surface area contributed by atoms with Crippen LogP contribution in [0.3, 0.4) is 0 Å². The molecule has 1 fully saturated rings. The number of nitrogens with zero attached hydrogens (tertiary/aromatic N) is 4. The number of ether oxygens (including phenoxy) is 1. The van der Waals surface area contributed by atoms with Gasteiger partial charge in [-0.3, -0.25) is 4.90 Å². The number of hydrogen-bond donors (Lipinski definition) is 1. The van der Waals surface area contributed by atoms with E-state index in [-0.39, 0.29) is 0 Å². The van der Waals surface area contributed by atoms with E-state index in [2.05, 4.69) is 38.0 Å². The molecule has 0 aliphatic carbocycles. The summed E-state index contributed by atoms with van der Waals surface area (Å²) in [5, 5.41) is 10.2. The molecule has 0 unspecified atom stereocenters. The highest BCUT2D eigenvalue weighted by Gasteiger charge is 2.35. The van der Waals surface area contributed by atoms with Crippen molar-refractivity contribution in [3.63, 3.8) is 0 Å². The number of methoxy groups -OCH3 is 1. The largest absolute Gasteiger partial charge is 0.481 e. The third kappa shape index (κ3) is 5.71. The van der Waals surface area contributed by atoms with Gasteiger partial charge >= 0.3 is 7.48 Å². The molecule has 0 bridgehead atoms. The van der Waals surface area contributed by atoms with E-state index in [1.165, 1.54) is 5.56 Å². The first-order valence-electron chi connectivity index (χ1n) is 10.5. The number of anilines is 1. The third-order valence-electron chi connectivity index (χ3n) is 5.99. The van der Waals surface area contributed by atoms with Gasteiger partial charge in [0.05, 0.1) is 18.3 Å². The molecule has 2 aromatic heterocycles. The van der Waals surface area contributed by atoms with E-state index in [1.807, 2.05) is 32.3 Å². The Balaban J connectivity index is 1.48. The highest BCUT2D eigenvalue weighted by Crippen LogP contribution is 2.24. The van der Waals surface area contributed by atoms with Gasteiger partial charge in [-0.1, -0.05) is 12.1 Å². The zero-order valence-corrected chi connectivity index (χ0v) is 18.8. The molecule has 7 nitrogen and oxygen atoms in total. The summed E-state index contributed by atoms with van der Waals surface area (Å²) in [6.07, 6.45) is 3.75. The molecular weight excluding hydrogens is 379 g/mol. The van der Waals surface area contributed by atoms with Crippen LogP contribution >= 0.6 is 0 Å². The standard InChI is InChI=1S/C22H33BN4O3/c1-21(2,28)22(3,4)30-23-18-7-8-19(24-15-18)27-12-10-26(11-13-27)16-17-6-9-20(29-5)25-14-17/h6-9,14-15,23,28H,10-13,16H2,1-5H3. The summed E-state index contributed by atoms with van der Waals surface area (Å²) >= 11 is 0. The maximum absolute atomic E-state index is 10.2. The lowest BCUT2D eigenvalue weighted by molar-refractivity contribution is -0.0893. The van der Waals surface area contributed by atoms with Gasteiger partial charge in [-0.15, -0.1) is 0 Å². The van der Waals surface area contributed by atoms with Gasteiger partial charge in [-0.2, -0.15) is 0 Å². The monoisotopic (exact) mass is 412 g/mol. The first-order valence-corrected chi connectivity index (χ1v) is 10.5. The summed E-state index contributed by atoms with van der Waals surface area (Å²) in [5.41, 5.74) is 0.644. The second-order valence-electron chi connectivity index (χ2n) is 8.85. The molecular formula is C22H33BN4O3. The number of aromatic nitrogens is 2. The van der Waals surface area contributed by atoms with E-state index in [0.717, 1.165) is 44.0 Å². The molecule has 0 spiro atoms. The fourth-order valence-corrected chi connectivity index (χ4v) is 3.15. The summed E-state index contributed by atoms with van der Waals surface area (Å²) in [6, 6.07) is 8.08. The smallest absolute Gasteiger partial charge is 0.311 e. The van der Waals surface area contributed by atoms with Crippen molar-refractivity contribution in [2.24, 2.45) is 0 Å². The molecule has 162 valence electrons. The van der Waals surface area contributed by atoms with Crippen molar-refractivity contribution >= 4 is 18.8 Å². The third-order valence-corrected chi connectivity index (χ3v) is 5.99. The zero-order chi connectivity index (χ0) is 21.8. The minimum Gasteiger partial charge on any atom is -0.481 e. The molecule has 3 rings (SSSR count). The molecule has 0 atom stereocenters. The van der Waals surface area contributed by atoms with E-state index in [9.17, 15) is 5.11 Å². The Hall–Kier alpha value is -2.16. The predicted octanol–water partition coefficient (Wildman–Crippen LogP) is 1.35. The fraction of sp³-hybridized carbons (Fsp3) is 0.545. The van der Waals surface area contributed by atoms with E-state index >= 15 is 0 Å². The Labute approximate surface area is 180 Å². The molecule has 3 heterocycles. The Kier molecular flexibility index (Phi) is 7.00. The molecule has 1 aliphatic heterocycles. The lowest BCUT2D eigenvalue weighted by Crippen LogP contribution is -2.49. The van der Waals surface area contributed by atoms with Crippen molar-refractivity contribution in [3.05, 3.63) is 42.2 Å². The Bertz CT molecular complexity index is 799. The second-order valence-corrected chi connectivity index (χ2v) is 8.85. The van der Waals surface area contributed by atoms with E-state index in [0.29, 0.717) is 13.4 Å². The minimum absolute atomic E-state index is 0.425. The molecule has 0 aromatic carbocycles. The van der Waals surface area contributed by atoms with Gasteiger partial charge in [0.2, 0.25) is 5.88 Å². The minimum atomic E-state index is -0.915. The fourth-order valence-electron chi connectivity index (χ4n) is 3.15. The predicted molar refractivity (Wildman–Crippen MR) is 121 cm³/mol. The maximum Gasteiger partial charge on any atom is 0.311 e. The van der Waals surface area contributed by atoms with Gasteiger partial charge in [-0.25, -0.2) is 9.97 Å². The summed E-state index contributed by atoms with van der Waals surface area (Å²) in [6.45, 7) is 12.1. The van der Waals surface area contributed by atoms with Crippen molar-refractivity contribution in [2.45, 2.75) is 45.4 Å². The average Bonchev–Trinajstić information content (AvgIpc) is 2.73. The van der Waals surface area contributed by atoms with Crippen LogP contribution < -0.4 is 15.1 Å². The number of pyridine rings is 2. The van der Waals surface area contributed by atoms with Gasteiger partial charge in [-0.05, 0) is 44.8 Å². The summed E-state index contributed by atoms with van der Waals surface area (Å²) in [4.78, 5) is 13.7. The molecule has 0 saturated carbocycles. The molecule has 0 amide bonds. The summed E-state index contributed by atoms with van der Waals surface area (Å²) in [5.74, 6) is 1.64. The van der Waals surface area contributed by atoms with Gasteiger partial charge < -0.3 is 19.4 Å². The summed E-state index contributed by atoms with van der Waals surface area (Å²) in [7, 11) is 2.05. The number of rotatable bonds is 8. The molecule has 1 aliphatic rings. The van der Waals surface area contributed by atoms with Crippen LogP contribution in [0.2, 0.25) is 0 Å². The molecule has 0 radical (unpaired) electrons. The molecule has 8 heteroatoms. The van der Waals surface area contributed by atoms with Crippen LogP contribution in [0.4, 0.5) is 5.82 Å². The zero-order valence-electron chi connectivity index (χ0n) is 18.8. The lowest BCUT2D eigenvalue weighted by atomic mass is 9.83. The van der Waals surface area contributed by atoms with Gasteiger partial charge in [0.25, 0.3) is 0 Å². The Morgan fingerprint density at radius 1 is 1.00 bits per heavy atom. The van der Waals surface area contributed by atoms with Crippen LogP contribution in [0.25, 0.3) is 0 Å².